The van der Waals surface area contributed by atoms with Crippen LogP contribution in [0.5, 0.6) is 0 Å². The van der Waals surface area contributed by atoms with Crippen LogP contribution in [0.4, 0.5) is 9.18 Å². The van der Waals surface area contributed by atoms with Crippen molar-refractivity contribution in [3.05, 3.63) is 65.7 Å². The molecular weight excluding hydrogens is 605 g/mol. The number of carbonyl (C=O) groups excluding carboxylic acids is 2. The van der Waals surface area contributed by atoms with Crippen LogP contribution < -0.4 is 5.32 Å². The Labute approximate surface area is 285 Å². The van der Waals surface area contributed by atoms with Gasteiger partial charge in [0, 0.05) is 31.2 Å². The summed E-state index contributed by atoms with van der Waals surface area (Å²) < 4.78 is 22.7. The number of fused-ring (bicyclic) bond motifs is 3. The summed E-state index contributed by atoms with van der Waals surface area (Å²) in [5.41, 5.74) is 1.93. The van der Waals surface area contributed by atoms with Crippen LogP contribution in [0.25, 0.3) is 11.0 Å². The van der Waals surface area contributed by atoms with Gasteiger partial charge in [0.1, 0.15) is 23.3 Å². The van der Waals surface area contributed by atoms with Gasteiger partial charge in [-0.3, -0.25) is 9.69 Å². The predicted octanol–water partition coefficient (Wildman–Crippen LogP) is 7.54. The van der Waals surface area contributed by atoms with Gasteiger partial charge >= 0.3 is 6.09 Å². The summed E-state index contributed by atoms with van der Waals surface area (Å²) in [6, 6.07) is 16.3. The number of imidazole rings is 1. The minimum absolute atomic E-state index is 0.0939. The number of piperidine rings is 2. The van der Waals surface area contributed by atoms with Crippen LogP contribution >= 0.6 is 0 Å². The summed E-state index contributed by atoms with van der Waals surface area (Å²) in [7, 11) is 0. The standard InChI is InChI=1S/C39H54FN5O3/c1-26-41-32-13-8-9-14-33(32)45(26)31-24-29-15-16-30(25-31)44(29)22-19-39(27-11-10-12-28(40)23-27)17-20-43(21-18-39)35(46)34(37(2,3)4)42-36(47)48-38(5,6)7/h8-14,23,29-31,34H,15-22,24-25H2,1-7H3,(H,42,47)/t29-,30+,31?,34-/m1/s1. The fraction of sp³-hybridized carbons (Fsp3) is 0.615. The number of aromatic nitrogens is 2. The van der Waals surface area contributed by atoms with Crippen LogP contribution in [0.2, 0.25) is 0 Å². The molecule has 4 atom stereocenters. The number of halogens is 1. The molecule has 8 nitrogen and oxygen atoms in total. The van der Waals surface area contributed by atoms with E-state index in [1.54, 1.807) is 6.07 Å². The Bertz CT molecular complexity index is 1620. The van der Waals surface area contributed by atoms with E-state index in [-0.39, 0.29) is 17.1 Å². The Kier molecular flexibility index (Phi) is 9.39. The van der Waals surface area contributed by atoms with E-state index >= 15 is 0 Å². The number of ether oxygens (including phenoxy) is 1. The normalized spacial score (nSPS) is 23.7. The van der Waals surface area contributed by atoms with Crippen LogP contribution in [0.1, 0.15) is 104 Å². The van der Waals surface area contributed by atoms with E-state index in [1.807, 2.05) is 52.5 Å². The van der Waals surface area contributed by atoms with Crippen LogP contribution in [-0.2, 0) is 14.9 Å². The highest BCUT2D eigenvalue weighted by Gasteiger charge is 2.45. The molecule has 1 unspecified atom stereocenters. The van der Waals surface area contributed by atoms with Gasteiger partial charge in [-0.05, 0) is 120 Å². The quantitative estimate of drug-likeness (QED) is 0.284. The van der Waals surface area contributed by atoms with E-state index in [4.69, 9.17) is 9.72 Å². The van der Waals surface area contributed by atoms with Gasteiger partial charge in [0.05, 0.1) is 11.0 Å². The zero-order valence-corrected chi connectivity index (χ0v) is 29.9. The van der Waals surface area contributed by atoms with E-state index in [0.29, 0.717) is 31.2 Å². The molecule has 2 aromatic carbocycles. The lowest BCUT2D eigenvalue weighted by atomic mass is 9.70. The van der Waals surface area contributed by atoms with Gasteiger partial charge in [-0.25, -0.2) is 14.2 Å². The van der Waals surface area contributed by atoms with E-state index in [9.17, 15) is 14.0 Å². The second-order valence-electron chi connectivity index (χ2n) is 16.6. The Balaban J connectivity index is 1.16. The molecule has 0 radical (unpaired) electrons. The molecule has 9 heteroatoms. The summed E-state index contributed by atoms with van der Waals surface area (Å²) in [5, 5.41) is 2.87. The Hall–Kier alpha value is -3.46. The van der Waals surface area contributed by atoms with Crippen molar-refractivity contribution >= 4 is 23.0 Å². The Morgan fingerprint density at radius 2 is 1.65 bits per heavy atom. The molecule has 0 spiro atoms. The predicted molar refractivity (Wildman–Crippen MR) is 187 cm³/mol. The number of amides is 2. The number of nitrogens with one attached hydrogen (secondary N) is 1. The number of hydrogen-bond donors (Lipinski definition) is 1. The average Bonchev–Trinajstić information content (AvgIpc) is 3.47. The lowest BCUT2D eigenvalue weighted by molar-refractivity contribution is -0.138. The molecule has 48 heavy (non-hydrogen) atoms. The molecule has 3 fully saturated rings. The van der Waals surface area contributed by atoms with E-state index in [1.165, 1.54) is 24.4 Å². The molecule has 2 amide bonds. The minimum atomic E-state index is -0.720. The molecule has 260 valence electrons. The summed E-state index contributed by atoms with van der Waals surface area (Å²) in [4.78, 5) is 36.2. The van der Waals surface area contributed by atoms with E-state index < -0.39 is 23.2 Å². The number of hydrogen-bond acceptors (Lipinski definition) is 5. The van der Waals surface area contributed by atoms with Crippen molar-refractivity contribution in [3.8, 4) is 0 Å². The third-order valence-electron chi connectivity index (χ3n) is 11.1. The molecule has 3 aliphatic heterocycles. The highest BCUT2D eigenvalue weighted by molar-refractivity contribution is 5.86. The second-order valence-corrected chi connectivity index (χ2v) is 16.6. The number of aryl methyl sites for hydroxylation is 1. The van der Waals surface area contributed by atoms with Crippen molar-refractivity contribution in [2.75, 3.05) is 19.6 Å². The molecule has 1 aromatic heterocycles. The summed E-state index contributed by atoms with van der Waals surface area (Å²) >= 11 is 0. The summed E-state index contributed by atoms with van der Waals surface area (Å²) in [5.74, 6) is 0.780. The number of para-hydroxylation sites is 2. The van der Waals surface area contributed by atoms with Crippen LogP contribution in [0, 0.1) is 18.2 Å². The number of likely N-dealkylation sites (tertiary alicyclic amines) is 1. The SMILES string of the molecule is Cc1nc2ccccc2n1C1C[C@H]2CC[C@@H](C1)N2CCC1(c2cccc(F)c2)CCN(C(=O)[C@@H](NC(=O)OC(C)(C)C)C(C)(C)C)CC1. The first-order chi connectivity index (χ1) is 22.6. The van der Waals surface area contributed by atoms with E-state index in [2.05, 4.69) is 52.0 Å². The zero-order chi connectivity index (χ0) is 34.4. The fourth-order valence-corrected chi connectivity index (χ4v) is 8.70. The molecule has 3 aromatic rings. The molecule has 0 saturated carbocycles. The first-order valence-electron chi connectivity index (χ1n) is 17.9. The van der Waals surface area contributed by atoms with Gasteiger partial charge in [-0.2, -0.15) is 0 Å². The number of rotatable bonds is 7. The van der Waals surface area contributed by atoms with E-state index in [0.717, 1.165) is 55.6 Å². The molecule has 6 rings (SSSR count). The molecule has 2 bridgehead atoms. The van der Waals surface area contributed by atoms with Crippen LogP contribution in [0.15, 0.2) is 48.5 Å². The smallest absolute Gasteiger partial charge is 0.408 e. The lowest BCUT2D eigenvalue weighted by Crippen LogP contribution is -2.58. The third kappa shape index (κ3) is 7.12. The minimum Gasteiger partial charge on any atom is -0.444 e. The maximum atomic E-state index is 14.7. The Morgan fingerprint density at radius 1 is 0.979 bits per heavy atom. The van der Waals surface area contributed by atoms with Crippen molar-refractivity contribution in [2.24, 2.45) is 5.41 Å². The molecule has 4 heterocycles. The maximum Gasteiger partial charge on any atom is 0.408 e. The van der Waals surface area contributed by atoms with Crippen molar-refractivity contribution in [1.29, 1.82) is 0 Å². The van der Waals surface area contributed by atoms with Gasteiger partial charge in [-0.1, -0.05) is 45.0 Å². The second kappa shape index (κ2) is 13.1. The van der Waals surface area contributed by atoms with Gasteiger partial charge in [0.25, 0.3) is 0 Å². The highest BCUT2D eigenvalue weighted by Crippen LogP contribution is 2.45. The third-order valence-corrected chi connectivity index (χ3v) is 11.1. The molecule has 3 saturated heterocycles. The average molecular weight is 660 g/mol. The fourth-order valence-electron chi connectivity index (χ4n) is 8.70. The molecular formula is C39H54FN5O3. The van der Waals surface area contributed by atoms with Crippen LogP contribution in [-0.4, -0.2) is 74.7 Å². The lowest BCUT2D eigenvalue weighted by Gasteiger charge is -2.46. The van der Waals surface area contributed by atoms with Crippen molar-refractivity contribution in [3.63, 3.8) is 0 Å². The van der Waals surface area contributed by atoms with Crippen molar-refractivity contribution < 1.29 is 18.7 Å². The summed E-state index contributed by atoms with van der Waals surface area (Å²) in [6.45, 7) is 15.5. The number of carbonyl (C=O) groups is 2. The number of nitrogens with zero attached hydrogens (tertiary/aromatic N) is 4. The Morgan fingerprint density at radius 3 is 2.27 bits per heavy atom. The van der Waals surface area contributed by atoms with Gasteiger partial charge in [-0.15, -0.1) is 0 Å². The first-order valence-corrected chi connectivity index (χ1v) is 17.9. The van der Waals surface area contributed by atoms with Crippen molar-refractivity contribution in [1.82, 2.24) is 24.7 Å². The summed E-state index contributed by atoms with van der Waals surface area (Å²) in [6.07, 6.45) is 6.48. The first kappa shape index (κ1) is 34.4. The van der Waals surface area contributed by atoms with Gasteiger partial charge in [0.15, 0.2) is 0 Å². The number of benzene rings is 2. The molecule has 1 N–H and O–H groups in total. The number of alkyl carbamates (subject to hydrolysis) is 1. The highest BCUT2D eigenvalue weighted by atomic mass is 19.1. The monoisotopic (exact) mass is 659 g/mol. The largest absolute Gasteiger partial charge is 0.444 e. The maximum absolute atomic E-state index is 14.7. The van der Waals surface area contributed by atoms with Crippen molar-refractivity contribution in [2.45, 2.75) is 129 Å². The zero-order valence-electron chi connectivity index (χ0n) is 29.9. The molecule has 3 aliphatic rings. The van der Waals surface area contributed by atoms with Crippen LogP contribution in [0.3, 0.4) is 0 Å². The topological polar surface area (TPSA) is 79.7 Å². The van der Waals surface area contributed by atoms with Gasteiger partial charge in [0.2, 0.25) is 5.91 Å². The van der Waals surface area contributed by atoms with Gasteiger partial charge < -0.3 is 19.5 Å². The molecule has 0 aliphatic carbocycles.